The van der Waals surface area contributed by atoms with Crippen molar-refractivity contribution in [2.45, 2.75) is 4.90 Å². The Kier molecular flexibility index (Phi) is 2.50. The maximum Gasteiger partial charge on any atom is 0.239 e. The zero-order valence-corrected chi connectivity index (χ0v) is 9.43. The number of hydrogen-bond donors (Lipinski definition) is 4. The van der Waals surface area contributed by atoms with Crippen LogP contribution >= 0.6 is 11.6 Å². The van der Waals surface area contributed by atoms with Crippen LogP contribution < -0.4 is 16.4 Å². The molecule has 7 nitrogen and oxygen atoms in total. The van der Waals surface area contributed by atoms with Gasteiger partial charge in [-0.2, -0.15) is 0 Å². The van der Waals surface area contributed by atoms with Crippen molar-refractivity contribution < 1.29 is 8.42 Å². The van der Waals surface area contributed by atoms with E-state index in [9.17, 15) is 8.42 Å². The van der Waals surface area contributed by atoms with E-state index in [2.05, 4.69) is 15.4 Å². The number of nitrogens with zero attached hydrogens (tertiary/aromatic N) is 1. The second-order valence-corrected chi connectivity index (χ2v) is 5.01. The molecule has 0 amide bonds. The second-order valence-electron chi connectivity index (χ2n) is 3.07. The molecule has 16 heavy (non-hydrogen) atoms. The molecule has 0 atom stereocenters. The highest BCUT2D eigenvalue weighted by Gasteiger charge is 2.15. The average Bonchev–Trinajstić information content (AvgIpc) is 2.56. The molecule has 0 aliphatic heterocycles. The van der Waals surface area contributed by atoms with Crippen molar-refractivity contribution in [1.82, 2.24) is 9.97 Å². The number of anilines is 1. The van der Waals surface area contributed by atoms with Crippen LogP contribution in [0.25, 0.3) is 11.0 Å². The van der Waals surface area contributed by atoms with E-state index in [-0.39, 0.29) is 9.92 Å². The number of primary sulfonamides is 1. The van der Waals surface area contributed by atoms with Gasteiger partial charge in [0, 0.05) is 0 Å². The SMILES string of the molecule is NNc1nc2cc(Cl)c(S(N)(=O)=O)cc2[nH]1. The summed E-state index contributed by atoms with van der Waals surface area (Å²) in [5.74, 6) is 5.46. The molecule has 0 aliphatic carbocycles. The summed E-state index contributed by atoms with van der Waals surface area (Å²) in [7, 11) is -3.85. The Labute approximate surface area is 95.8 Å². The number of aromatic nitrogens is 2. The fourth-order valence-electron chi connectivity index (χ4n) is 1.30. The van der Waals surface area contributed by atoms with Crippen molar-refractivity contribution in [2.75, 3.05) is 5.43 Å². The summed E-state index contributed by atoms with van der Waals surface area (Å²) in [6, 6.07) is 2.70. The summed E-state index contributed by atoms with van der Waals surface area (Å²) in [6.07, 6.45) is 0. The number of sulfonamides is 1. The monoisotopic (exact) mass is 261 g/mol. The molecule has 0 unspecified atom stereocenters. The zero-order valence-electron chi connectivity index (χ0n) is 7.86. The van der Waals surface area contributed by atoms with Gasteiger partial charge in [-0.3, -0.25) is 5.43 Å². The van der Waals surface area contributed by atoms with Gasteiger partial charge in [-0.05, 0) is 12.1 Å². The molecule has 0 radical (unpaired) electrons. The van der Waals surface area contributed by atoms with Crippen molar-refractivity contribution >= 4 is 38.6 Å². The van der Waals surface area contributed by atoms with E-state index in [1.807, 2.05) is 0 Å². The van der Waals surface area contributed by atoms with Crippen LogP contribution in [0.4, 0.5) is 5.95 Å². The minimum Gasteiger partial charge on any atom is -0.323 e. The molecule has 1 heterocycles. The smallest absolute Gasteiger partial charge is 0.239 e. The van der Waals surface area contributed by atoms with Gasteiger partial charge in [0.15, 0.2) is 0 Å². The first kappa shape index (κ1) is 11.1. The number of benzene rings is 1. The van der Waals surface area contributed by atoms with E-state index < -0.39 is 10.0 Å². The van der Waals surface area contributed by atoms with E-state index in [1.54, 1.807) is 0 Å². The summed E-state index contributed by atoms with van der Waals surface area (Å²) in [5, 5.41) is 5.02. The number of hydrazine groups is 1. The highest BCUT2D eigenvalue weighted by atomic mass is 35.5. The third kappa shape index (κ3) is 1.83. The lowest BCUT2D eigenvalue weighted by atomic mass is 10.3. The average molecular weight is 262 g/mol. The molecular weight excluding hydrogens is 254 g/mol. The first-order chi connectivity index (χ1) is 7.41. The molecule has 0 bridgehead atoms. The van der Waals surface area contributed by atoms with Gasteiger partial charge in [-0.15, -0.1) is 0 Å². The number of rotatable bonds is 2. The Balaban J connectivity index is 2.75. The third-order valence-electron chi connectivity index (χ3n) is 1.98. The summed E-state index contributed by atoms with van der Waals surface area (Å²) in [6.45, 7) is 0. The van der Waals surface area contributed by atoms with E-state index in [0.29, 0.717) is 17.0 Å². The van der Waals surface area contributed by atoms with Crippen LogP contribution in [0.15, 0.2) is 17.0 Å². The fraction of sp³-hybridized carbons (Fsp3) is 0. The minimum absolute atomic E-state index is 0.0186. The molecule has 0 saturated carbocycles. The molecule has 0 saturated heterocycles. The number of nitrogens with one attached hydrogen (secondary N) is 2. The van der Waals surface area contributed by atoms with Crippen LogP contribution in [-0.4, -0.2) is 18.4 Å². The normalized spacial score (nSPS) is 11.9. The lowest BCUT2D eigenvalue weighted by molar-refractivity contribution is 0.598. The Morgan fingerprint density at radius 2 is 2.12 bits per heavy atom. The highest BCUT2D eigenvalue weighted by molar-refractivity contribution is 7.89. The Morgan fingerprint density at radius 1 is 1.44 bits per heavy atom. The predicted octanol–water partition coefficient (Wildman–Crippen LogP) is 0.149. The largest absolute Gasteiger partial charge is 0.323 e. The highest BCUT2D eigenvalue weighted by Crippen LogP contribution is 2.26. The van der Waals surface area contributed by atoms with Gasteiger partial charge in [-0.1, -0.05) is 11.6 Å². The summed E-state index contributed by atoms with van der Waals surface area (Å²) >= 11 is 5.78. The first-order valence-corrected chi connectivity index (χ1v) is 6.03. The van der Waals surface area contributed by atoms with E-state index in [4.69, 9.17) is 22.6 Å². The number of hydrogen-bond acceptors (Lipinski definition) is 5. The maximum absolute atomic E-state index is 11.2. The van der Waals surface area contributed by atoms with Gasteiger partial charge in [0.2, 0.25) is 16.0 Å². The maximum atomic E-state index is 11.2. The van der Waals surface area contributed by atoms with Crippen molar-refractivity contribution in [3.8, 4) is 0 Å². The standard InChI is InChI=1S/C7H8ClN5O2S/c8-3-1-4-5(12-7(11-4)13-9)2-6(3)16(10,14)15/h1-2H,9H2,(H2,10,14,15)(H2,11,12,13). The minimum atomic E-state index is -3.85. The van der Waals surface area contributed by atoms with Crippen LogP contribution in [0.3, 0.4) is 0 Å². The Morgan fingerprint density at radius 3 is 2.69 bits per heavy atom. The molecular formula is C7H8ClN5O2S. The number of fused-ring (bicyclic) bond motifs is 1. The number of H-pyrrole nitrogens is 1. The topological polar surface area (TPSA) is 127 Å². The molecule has 1 aromatic carbocycles. The number of nitrogen functional groups attached to an aromatic ring is 1. The quantitative estimate of drug-likeness (QED) is 0.452. The number of aromatic amines is 1. The van der Waals surface area contributed by atoms with Crippen molar-refractivity contribution in [2.24, 2.45) is 11.0 Å². The molecule has 0 aliphatic rings. The van der Waals surface area contributed by atoms with Crippen LogP contribution in [0.2, 0.25) is 5.02 Å². The number of halogens is 1. The van der Waals surface area contributed by atoms with Crippen LogP contribution in [0.1, 0.15) is 0 Å². The van der Waals surface area contributed by atoms with Crippen molar-refractivity contribution in [3.63, 3.8) is 0 Å². The third-order valence-corrected chi connectivity index (χ3v) is 3.35. The lowest BCUT2D eigenvalue weighted by Gasteiger charge is -2.00. The second kappa shape index (κ2) is 3.59. The van der Waals surface area contributed by atoms with Gasteiger partial charge in [-0.25, -0.2) is 24.4 Å². The predicted molar refractivity (Wildman–Crippen MR) is 60.3 cm³/mol. The van der Waals surface area contributed by atoms with E-state index in [1.165, 1.54) is 12.1 Å². The van der Waals surface area contributed by atoms with Gasteiger partial charge < -0.3 is 4.98 Å². The van der Waals surface area contributed by atoms with Gasteiger partial charge >= 0.3 is 0 Å². The summed E-state index contributed by atoms with van der Waals surface area (Å²) in [4.78, 5) is 6.60. The van der Waals surface area contributed by atoms with Crippen molar-refractivity contribution in [3.05, 3.63) is 17.2 Å². The van der Waals surface area contributed by atoms with Gasteiger partial charge in [0.25, 0.3) is 0 Å². The van der Waals surface area contributed by atoms with Crippen LogP contribution in [-0.2, 0) is 10.0 Å². The van der Waals surface area contributed by atoms with Crippen LogP contribution in [0.5, 0.6) is 0 Å². The number of imidazole rings is 1. The molecule has 6 N–H and O–H groups in total. The van der Waals surface area contributed by atoms with E-state index >= 15 is 0 Å². The molecule has 1 aromatic heterocycles. The summed E-state index contributed by atoms with van der Waals surface area (Å²) in [5.41, 5.74) is 3.27. The fourth-order valence-corrected chi connectivity index (χ4v) is 2.39. The molecule has 86 valence electrons. The molecule has 2 rings (SSSR count). The Bertz CT molecular complexity index is 650. The summed E-state index contributed by atoms with van der Waals surface area (Å²) < 4.78 is 22.4. The Hall–Kier alpha value is -1.35. The first-order valence-electron chi connectivity index (χ1n) is 4.10. The molecule has 2 aromatic rings. The zero-order chi connectivity index (χ0) is 11.9. The lowest BCUT2D eigenvalue weighted by Crippen LogP contribution is -2.12. The van der Waals surface area contributed by atoms with Gasteiger partial charge in [0.1, 0.15) is 4.90 Å². The molecule has 9 heteroatoms. The number of nitrogens with two attached hydrogens (primary N) is 2. The van der Waals surface area contributed by atoms with Gasteiger partial charge in [0.05, 0.1) is 16.1 Å². The van der Waals surface area contributed by atoms with E-state index in [0.717, 1.165) is 0 Å². The van der Waals surface area contributed by atoms with Crippen LogP contribution in [0, 0.1) is 0 Å². The molecule has 0 fully saturated rings. The van der Waals surface area contributed by atoms with Crippen molar-refractivity contribution in [1.29, 1.82) is 0 Å². The molecule has 0 spiro atoms.